The fourth-order valence-electron chi connectivity index (χ4n) is 0.938. The maximum absolute atomic E-state index is 10.3. The van der Waals surface area contributed by atoms with E-state index in [2.05, 4.69) is 0 Å². The number of carbonyl (C=O) groups is 1. The standard InChI is InChI=1S/C8H7NO4/c10-4-3-6-1-2-8(11)7(5-6)9(12)13/h1-2,4-5,11H,3H2. The van der Waals surface area contributed by atoms with E-state index in [1.807, 2.05) is 0 Å². The molecule has 1 aromatic rings. The SMILES string of the molecule is O=CCc1ccc(O)c([N+](=O)[O-])c1. The van der Waals surface area contributed by atoms with Crippen molar-refractivity contribution >= 4 is 12.0 Å². The first-order valence-corrected chi connectivity index (χ1v) is 3.55. The van der Waals surface area contributed by atoms with Crippen LogP contribution in [0, 0.1) is 10.1 Å². The number of nitro benzene ring substituents is 1. The van der Waals surface area contributed by atoms with Crippen LogP contribution in [0.2, 0.25) is 0 Å². The molecule has 0 unspecified atom stereocenters. The van der Waals surface area contributed by atoms with Crippen molar-refractivity contribution in [3.8, 4) is 5.75 Å². The fourth-order valence-corrected chi connectivity index (χ4v) is 0.938. The number of nitro groups is 1. The van der Waals surface area contributed by atoms with Gasteiger partial charge in [0.1, 0.15) is 6.29 Å². The van der Waals surface area contributed by atoms with Crippen molar-refractivity contribution in [2.75, 3.05) is 0 Å². The van der Waals surface area contributed by atoms with Crippen LogP contribution >= 0.6 is 0 Å². The number of phenols is 1. The van der Waals surface area contributed by atoms with Crippen LogP contribution in [-0.4, -0.2) is 16.3 Å². The minimum absolute atomic E-state index is 0.112. The molecular formula is C8H7NO4. The quantitative estimate of drug-likeness (QED) is 0.429. The summed E-state index contributed by atoms with van der Waals surface area (Å²) in [6.45, 7) is 0. The van der Waals surface area contributed by atoms with Gasteiger partial charge in [-0.25, -0.2) is 0 Å². The van der Waals surface area contributed by atoms with Gasteiger partial charge in [0.15, 0.2) is 5.75 Å². The molecule has 1 N–H and O–H groups in total. The highest BCUT2D eigenvalue weighted by molar-refractivity contribution is 5.58. The molecule has 13 heavy (non-hydrogen) atoms. The molecule has 0 aromatic heterocycles. The first kappa shape index (κ1) is 9.18. The van der Waals surface area contributed by atoms with Gasteiger partial charge in [0.05, 0.1) is 4.92 Å². The summed E-state index contributed by atoms with van der Waals surface area (Å²) in [6, 6.07) is 3.86. The predicted molar refractivity (Wildman–Crippen MR) is 44.5 cm³/mol. The Morgan fingerprint density at radius 1 is 1.54 bits per heavy atom. The number of aromatic hydroxyl groups is 1. The molecule has 0 saturated heterocycles. The first-order chi connectivity index (χ1) is 6.15. The molecule has 0 spiro atoms. The Balaban J connectivity index is 3.10. The number of rotatable bonds is 3. The summed E-state index contributed by atoms with van der Waals surface area (Å²) in [6.07, 6.45) is 0.761. The molecule has 0 heterocycles. The van der Waals surface area contributed by atoms with E-state index in [1.165, 1.54) is 18.2 Å². The molecular weight excluding hydrogens is 174 g/mol. The van der Waals surface area contributed by atoms with Crippen LogP contribution < -0.4 is 0 Å². The third-order valence-corrected chi connectivity index (χ3v) is 1.56. The molecule has 0 atom stereocenters. The van der Waals surface area contributed by atoms with Gasteiger partial charge >= 0.3 is 5.69 Å². The monoisotopic (exact) mass is 181 g/mol. The minimum atomic E-state index is -0.691. The summed E-state index contributed by atoms with van der Waals surface area (Å²) in [4.78, 5) is 19.8. The molecule has 0 amide bonds. The van der Waals surface area contributed by atoms with E-state index in [1.54, 1.807) is 0 Å². The zero-order valence-corrected chi connectivity index (χ0v) is 6.64. The number of benzene rings is 1. The van der Waals surface area contributed by atoms with E-state index < -0.39 is 4.92 Å². The van der Waals surface area contributed by atoms with Gasteiger partial charge < -0.3 is 9.90 Å². The highest BCUT2D eigenvalue weighted by atomic mass is 16.6. The second-order valence-electron chi connectivity index (χ2n) is 2.45. The molecule has 5 nitrogen and oxygen atoms in total. The van der Waals surface area contributed by atoms with Crippen molar-refractivity contribution < 1.29 is 14.8 Å². The Morgan fingerprint density at radius 3 is 2.77 bits per heavy atom. The zero-order valence-electron chi connectivity index (χ0n) is 6.64. The van der Waals surface area contributed by atoms with Crippen molar-refractivity contribution in [3.63, 3.8) is 0 Å². The summed E-state index contributed by atoms with van der Waals surface area (Å²) in [5.41, 5.74) is 0.138. The van der Waals surface area contributed by atoms with Crippen molar-refractivity contribution in [1.82, 2.24) is 0 Å². The van der Waals surface area contributed by atoms with Gasteiger partial charge in [-0.3, -0.25) is 10.1 Å². The van der Waals surface area contributed by atoms with Crippen molar-refractivity contribution in [2.45, 2.75) is 6.42 Å². The van der Waals surface area contributed by atoms with Crippen molar-refractivity contribution in [2.24, 2.45) is 0 Å². The molecule has 0 saturated carbocycles. The third kappa shape index (κ3) is 2.02. The fraction of sp³-hybridized carbons (Fsp3) is 0.125. The average Bonchev–Trinajstić information content (AvgIpc) is 2.08. The Bertz CT molecular complexity index is 348. The van der Waals surface area contributed by atoms with Crippen LogP contribution in [-0.2, 0) is 11.2 Å². The largest absolute Gasteiger partial charge is 0.502 e. The van der Waals surface area contributed by atoms with E-state index in [4.69, 9.17) is 5.11 Å². The van der Waals surface area contributed by atoms with E-state index >= 15 is 0 Å². The lowest BCUT2D eigenvalue weighted by molar-refractivity contribution is -0.385. The Morgan fingerprint density at radius 2 is 2.23 bits per heavy atom. The van der Waals surface area contributed by atoms with E-state index in [-0.39, 0.29) is 17.9 Å². The van der Waals surface area contributed by atoms with Gasteiger partial charge in [-0.15, -0.1) is 0 Å². The smallest absolute Gasteiger partial charge is 0.310 e. The molecule has 1 rings (SSSR count). The molecule has 0 radical (unpaired) electrons. The molecule has 0 aliphatic carbocycles. The maximum atomic E-state index is 10.3. The van der Waals surface area contributed by atoms with Gasteiger partial charge in [-0.05, 0) is 11.6 Å². The molecule has 1 aromatic carbocycles. The summed E-state index contributed by atoms with van der Waals surface area (Å²) >= 11 is 0. The van der Waals surface area contributed by atoms with E-state index in [9.17, 15) is 14.9 Å². The number of aldehydes is 1. The zero-order chi connectivity index (χ0) is 9.84. The molecule has 5 heteroatoms. The van der Waals surface area contributed by atoms with Gasteiger partial charge in [0.25, 0.3) is 0 Å². The average molecular weight is 181 g/mol. The second-order valence-corrected chi connectivity index (χ2v) is 2.45. The summed E-state index contributed by atoms with van der Waals surface area (Å²) in [5, 5.41) is 19.4. The van der Waals surface area contributed by atoms with Crippen LogP contribution in [0.5, 0.6) is 5.75 Å². The van der Waals surface area contributed by atoms with Crippen molar-refractivity contribution in [1.29, 1.82) is 0 Å². The molecule has 0 aliphatic rings. The van der Waals surface area contributed by atoms with Crippen molar-refractivity contribution in [3.05, 3.63) is 33.9 Å². The lowest BCUT2D eigenvalue weighted by atomic mass is 10.1. The van der Waals surface area contributed by atoms with Crippen LogP contribution in [0.15, 0.2) is 18.2 Å². The van der Waals surface area contributed by atoms with Crippen LogP contribution in [0.1, 0.15) is 5.56 Å². The molecule has 68 valence electrons. The highest BCUT2D eigenvalue weighted by Gasteiger charge is 2.12. The van der Waals surface area contributed by atoms with Gasteiger partial charge in [-0.1, -0.05) is 6.07 Å². The Hall–Kier alpha value is -1.91. The van der Waals surface area contributed by atoms with Crippen LogP contribution in [0.25, 0.3) is 0 Å². The highest BCUT2D eigenvalue weighted by Crippen LogP contribution is 2.26. The lowest BCUT2D eigenvalue weighted by Gasteiger charge is -1.97. The van der Waals surface area contributed by atoms with Gasteiger partial charge in [0, 0.05) is 12.5 Å². The third-order valence-electron chi connectivity index (χ3n) is 1.56. The van der Waals surface area contributed by atoms with E-state index in [0.29, 0.717) is 11.8 Å². The Kier molecular flexibility index (Phi) is 2.59. The molecule has 0 fully saturated rings. The lowest BCUT2D eigenvalue weighted by Crippen LogP contribution is -1.92. The molecule has 0 bridgehead atoms. The summed E-state index contributed by atoms with van der Waals surface area (Å²) in [5.74, 6) is -0.389. The van der Waals surface area contributed by atoms with Gasteiger partial charge in [-0.2, -0.15) is 0 Å². The Labute approximate surface area is 73.8 Å². The van der Waals surface area contributed by atoms with Crippen LogP contribution in [0.4, 0.5) is 5.69 Å². The van der Waals surface area contributed by atoms with Crippen LogP contribution in [0.3, 0.4) is 0 Å². The number of carbonyl (C=O) groups excluding carboxylic acids is 1. The predicted octanol–water partition coefficient (Wildman–Crippen LogP) is 1.04. The summed E-state index contributed by atoms with van der Waals surface area (Å²) < 4.78 is 0. The van der Waals surface area contributed by atoms with E-state index in [0.717, 1.165) is 0 Å². The number of phenolic OH excluding ortho intramolecular Hbond substituents is 1. The normalized spacial score (nSPS) is 9.54. The number of hydrogen-bond donors (Lipinski definition) is 1. The first-order valence-electron chi connectivity index (χ1n) is 3.55. The topological polar surface area (TPSA) is 80.4 Å². The second kappa shape index (κ2) is 3.66. The number of nitrogens with zero attached hydrogens (tertiary/aromatic N) is 1. The number of hydrogen-bond acceptors (Lipinski definition) is 4. The summed E-state index contributed by atoms with van der Waals surface area (Å²) in [7, 11) is 0. The molecule has 0 aliphatic heterocycles. The minimum Gasteiger partial charge on any atom is -0.502 e. The van der Waals surface area contributed by atoms with Gasteiger partial charge in [0.2, 0.25) is 0 Å². The maximum Gasteiger partial charge on any atom is 0.310 e.